The molecule has 0 aliphatic carbocycles. The van der Waals surface area contributed by atoms with Crippen molar-refractivity contribution in [3.8, 4) is 17.2 Å². The third-order valence-corrected chi connectivity index (χ3v) is 8.96. The molecule has 246 valence electrons. The number of halogens is 3. The number of ether oxygens (including phenoxy) is 3. The van der Waals surface area contributed by atoms with E-state index >= 15 is 8.78 Å². The summed E-state index contributed by atoms with van der Waals surface area (Å²) in [6.45, 7) is 6.04. The topological polar surface area (TPSA) is 85.3 Å². The van der Waals surface area contributed by atoms with Crippen LogP contribution in [0.1, 0.15) is 79.8 Å². The lowest BCUT2D eigenvalue weighted by molar-refractivity contribution is -0.143. The minimum Gasteiger partial charge on any atom is -0.494 e. The smallest absolute Gasteiger partial charge is 0.309 e. The van der Waals surface area contributed by atoms with Gasteiger partial charge < -0.3 is 19.3 Å². The SMILES string of the molecule is CCCOc1ccc([C@H]2[C@H](C(=O)O)[C@@H](c3cc4c(cc3F)OCO4)CN2CC(=O)CCCc2c(CC)cc(F)cc2CC)c(F)c1. The average molecular weight is 640 g/mol. The number of likely N-dealkylation sites (tertiary alicyclic amines) is 1. The molecule has 46 heavy (non-hydrogen) atoms. The maximum atomic E-state index is 15.7. The minimum atomic E-state index is -1.27. The second kappa shape index (κ2) is 14.6. The number of ketones is 1. The first kappa shape index (κ1) is 33.3. The summed E-state index contributed by atoms with van der Waals surface area (Å²) in [5.41, 5.74) is 3.09. The predicted octanol–water partition coefficient (Wildman–Crippen LogP) is 7.18. The molecule has 2 heterocycles. The number of nitrogens with zero attached hydrogens (tertiary/aromatic N) is 1. The number of hydrogen-bond acceptors (Lipinski definition) is 6. The first-order valence-corrected chi connectivity index (χ1v) is 15.9. The number of rotatable bonds is 14. The van der Waals surface area contributed by atoms with Crippen molar-refractivity contribution in [1.29, 1.82) is 0 Å². The summed E-state index contributed by atoms with van der Waals surface area (Å²) >= 11 is 0. The molecule has 2 aliphatic rings. The summed E-state index contributed by atoms with van der Waals surface area (Å²) in [4.78, 5) is 28.0. The molecule has 1 fully saturated rings. The van der Waals surface area contributed by atoms with Gasteiger partial charge in [0.05, 0.1) is 25.1 Å². The number of hydrogen-bond donors (Lipinski definition) is 1. The number of carboxylic acid groups (broad SMARTS) is 1. The second-order valence-corrected chi connectivity index (χ2v) is 11.9. The van der Waals surface area contributed by atoms with Gasteiger partial charge >= 0.3 is 5.97 Å². The van der Waals surface area contributed by atoms with Gasteiger partial charge in [0.1, 0.15) is 29.0 Å². The fraction of sp³-hybridized carbons (Fsp3) is 0.444. The first-order valence-electron chi connectivity index (χ1n) is 15.9. The molecule has 2 aliphatic heterocycles. The van der Waals surface area contributed by atoms with Crippen molar-refractivity contribution in [2.75, 3.05) is 26.5 Å². The molecule has 0 amide bonds. The Kier molecular flexibility index (Phi) is 10.6. The van der Waals surface area contributed by atoms with Crippen LogP contribution in [-0.2, 0) is 28.9 Å². The Morgan fingerprint density at radius 2 is 1.61 bits per heavy atom. The monoisotopic (exact) mass is 639 g/mol. The van der Waals surface area contributed by atoms with Crippen LogP contribution in [0.5, 0.6) is 17.2 Å². The second-order valence-electron chi connectivity index (χ2n) is 11.9. The van der Waals surface area contributed by atoms with Crippen molar-refractivity contribution in [2.45, 2.75) is 71.3 Å². The van der Waals surface area contributed by atoms with E-state index in [0.717, 1.165) is 23.1 Å². The van der Waals surface area contributed by atoms with E-state index in [9.17, 15) is 19.1 Å². The number of aryl methyl sites for hydroxylation is 2. The molecule has 10 heteroatoms. The molecule has 1 saturated heterocycles. The minimum absolute atomic E-state index is 0.00932. The largest absolute Gasteiger partial charge is 0.494 e. The molecular formula is C36H40F3NO6. The van der Waals surface area contributed by atoms with Crippen LogP contribution in [0.25, 0.3) is 0 Å². The Morgan fingerprint density at radius 1 is 0.935 bits per heavy atom. The quantitative estimate of drug-likeness (QED) is 0.200. The Morgan fingerprint density at radius 3 is 2.24 bits per heavy atom. The molecule has 3 aromatic rings. The molecule has 0 radical (unpaired) electrons. The van der Waals surface area contributed by atoms with Crippen molar-refractivity contribution in [3.05, 3.63) is 87.7 Å². The molecule has 5 rings (SSSR count). The van der Waals surface area contributed by atoms with Gasteiger partial charge in [-0.3, -0.25) is 14.5 Å². The van der Waals surface area contributed by atoms with Crippen LogP contribution in [-0.4, -0.2) is 48.2 Å². The van der Waals surface area contributed by atoms with Crippen LogP contribution in [0.15, 0.2) is 42.5 Å². The molecule has 0 saturated carbocycles. The number of Topliss-reactive ketones (excluding diaryl/α,β-unsaturated/α-hetero) is 1. The molecule has 0 aromatic heterocycles. The Labute approximate surface area is 267 Å². The van der Waals surface area contributed by atoms with Crippen molar-refractivity contribution in [3.63, 3.8) is 0 Å². The summed E-state index contributed by atoms with van der Waals surface area (Å²) in [5.74, 6) is -4.31. The normalized spacial score (nSPS) is 19.0. The molecular weight excluding hydrogens is 599 g/mol. The van der Waals surface area contributed by atoms with Crippen LogP contribution in [0.4, 0.5) is 13.2 Å². The van der Waals surface area contributed by atoms with Crippen LogP contribution < -0.4 is 14.2 Å². The summed E-state index contributed by atoms with van der Waals surface area (Å²) in [5, 5.41) is 10.5. The lowest BCUT2D eigenvalue weighted by Crippen LogP contribution is -2.33. The van der Waals surface area contributed by atoms with Gasteiger partial charge in [0.25, 0.3) is 0 Å². The Balaban J connectivity index is 1.42. The highest BCUT2D eigenvalue weighted by Gasteiger charge is 2.49. The van der Waals surface area contributed by atoms with Gasteiger partial charge in [0.2, 0.25) is 6.79 Å². The summed E-state index contributed by atoms with van der Waals surface area (Å²) in [6, 6.07) is 8.94. The van der Waals surface area contributed by atoms with Gasteiger partial charge in [-0.15, -0.1) is 0 Å². The van der Waals surface area contributed by atoms with Gasteiger partial charge in [-0.05, 0) is 78.6 Å². The number of carbonyl (C=O) groups is 2. The first-order chi connectivity index (χ1) is 22.1. The van der Waals surface area contributed by atoms with Crippen LogP contribution in [0.2, 0.25) is 0 Å². The number of benzene rings is 3. The van der Waals surface area contributed by atoms with Crippen LogP contribution >= 0.6 is 0 Å². The van der Waals surface area contributed by atoms with E-state index in [1.807, 2.05) is 20.8 Å². The van der Waals surface area contributed by atoms with E-state index in [-0.39, 0.29) is 54.8 Å². The molecule has 1 N–H and O–H groups in total. The van der Waals surface area contributed by atoms with Gasteiger partial charge in [-0.1, -0.05) is 26.8 Å². The van der Waals surface area contributed by atoms with Gasteiger partial charge in [0.15, 0.2) is 11.5 Å². The zero-order chi connectivity index (χ0) is 33.0. The van der Waals surface area contributed by atoms with E-state index in [0.29, 0.717) is 43.8 Å². The molecule has 0 spiro atoms. The summed E-state index contributed by atoms with van der Waals surface area (Å²) in [7, 11) is 0. The van der Waals surface area contributed by atoms with Gasteiger partial charge in [-0.2, -0.15) is 0 Å². The van der Waals surface area contributed by atoms with Crippen molar-refractivity contribution < 1.29 is 42.1 Å². The average Bonchev–Trinajstić information content (AvgIpc) is 3.64. The molecule has 0 bridgehead atoms. The van der Waals surface area contributed by atoms with Crippen molar-refractivity contribution >= 4 is 11.8 Å². The third-order valence-electron chi connectivity index (χ3n) is 8.96. The van der Waals surface area contributed by atoms with E-state index in [4.69, 9.17) is 14.2 Å². The standard InChI is InChI=1S/C36H40F3NO6/c1-4-12-44-25-10-11-27(30(38)15-25)35-34(36(42)43)29(28-16-32-33(17-31(28)39)46-20-45-32)19-40(35)18-24(41)8-7-9-26-21(5-2)13-23(37)14-22(26)6-3/h10-11,13-17,29,34-35H,4-9,12,18-20H2,1-3H3,(H,42,43)/t29-,34-,35+/m1/s1. The van der Waals surface area contributed by atoms with Crippen LogP contribution in [0.3, 0.4) is 0 Å². The maximum Gasteiger partial charge on any atom is 0.309 e. The highest BCUT2D eigenvalue weighted by Crippen LogP contribution is 2.49. The highest BCUT2D eigenvalue weighted by molar-refractivity contribution is 5.81. The third kappa shape index (κ3) is 7.02. The summed E-state index contributed by atoms with van der Waals surface area (Å²) in [6.07, 6.45) is 3.38. The lowest BCUT2D eigenvalue weighted by atomic mass is 9.82. The van der Waals surface area contributed by atoms with Crippen molar-refractivity contribution in [2.24, 2.45) is 5.92 Å². The van der Waals surface area contributed by atoms with E-state index in [1.54, 1.807) is 23.1 Å². The maximum absolute atomic E-state index is 15.7. The fourth-order valence-corrected chi connectivity index (χ4v) is 6.83. The zero-order valence-corrected chi connectivity index (χ0v) is 26.4. The Bertz CT molecular complexity index is 1570. The van der Waals surface area contributed by atoms with Gasteiger partial charge in [-0.25, -0.2) is 13.2 Å². The number of aliphatic carboxylic acids is 1. The van der Waals surface area contributed by atoms with E-state index in [1.165, 1.54) is 24.3 Å². The lowest BCUT2D eigenvalue weighted by Gasteiger charge is -2.27. The molecule has 7 nitrogen and oxygen atoms in total. The van der Waals surface area contributed by atoms with Crippen LogP contribution in [0, 0.1) is 23.4 Å². The fourth-order valence-electron chi connectivity index (χ4n) is 6.83. The zero-order valence-electron chi connectivity index (χ0n) is 26.4. The summed E-state index contributed by atoms with van der Waals surface area (Å²) < 4.78 is 61.5. The molecule has 3 atom stereocenters. The predicted molar refractivity (Wildman–Crippen MR) is 166 cm³/mol. The van der Waals surface area contributed by atoms with Crippen molar-refractivity contribution in [1.82, 2.24) is 4.90 Å². The Hall–Kier alpha value is -4.05. The van der Waals surface area contributed by atoms with E-state index in [2.05, 4.69) is 0 Å². The van der Waals surface area contributed by atoms with E-state index < -0.39 is 35.5 Å². The van der Waals surface area contributed by atoms with Gasteiger partial charge in [0, 0.05) is 36.6 Å². The number of carbonyl (C=O) groups excluding carboxylic acids is 1. The molecule has 3 aromatic carbocycles. The highest BCUT2D eigenvalue weighted by atomic mass is 19.1. The molecule has 0 unspecified atom stereocenters. The number of carboxylic acids is 1. The number of fused-ring (bicyclic) bond motifs is 1.